The van der Waals surface area contributed by atoms with Crippen LogP contribution in [0.1, 0.15) is 27.0 Å². The maximum absolute atomic E-state index is 14.9. The van der Waals surface area contributed by atoms with Crippen LogP contribution in [-0.2, 0) is 12.0 Å². The molecule has 0 saturated heterocycles. The molecular weight excluding hydrogens is 355 g/mol. The van der Waals surface area contributed by atoms with Gasteiger partial charge in [-0.25, -0.2) is 4.39 Å². The minimum absolute atomic E-state index is 0.154. The van der Waals surface area contributed by atoms with Gasteiger partial charge in [-0.2, -0.15) is 0 Å². The normalized spacial score (nSPS) is 17.8. The first-order valence-corrected chi connectivity index (χ1v) is 9.12. The first-order chi connectivity index (χ1) is 13.5. The number of hydrogen-bond acceptors (Lipinski definition) is 3. The molecule has 1 amide bonds. The fourth-order valence-electron chi connectivity index (χ4n) is 4.02. The molecule has 3 aromatic rings. The average molecular weight is 376 g/mol. The van der Waals surface area contributed by atoms with Gasteiger partial charge in [-0.05, 0) is 41.8 Å². The number of ether oxygens (including phenoxy) is 1. The SMILES string of the molecule is Cc1ccc2c(c1-c1c(F)cccc1C(N)=O)CC(CN)(c1ccccc1)O2. The number of primary amides is 1. The fourth-order valence-corrected chi connectivity index (χ4v) is 4.02. The van der Waals surface area contributed by atoms with Gasteiger partial charge in [0.05, 0.1) is 0 Å². The predicted molar refractivity (Wildman–Crippen MR) is 107 cm³/mol. The van der Waals surface area contributed by atoms with Crippen molar-refractivity contribution in [3.05, 3.63) is 88.7 Å². The number of fused-ring (bicyclic) bond motifs is 1. The van der Waals surface area contributed by atoms with E-state index in [9.17, 15) is 9.18 Å². The van der Waals surface area contributed by atoms with E-state index >= 15 is 0 Å². The van der Waals surface area contributed by atoms with Crippen molar-refractivity contribution in [2.75, 3.05) is 6.54 Å². The first kappa shape index (κ1) is 18.2. The zero-order chi connectivity index (χ0) is 19.9. The van der Waals surface area contributed by atoms with Gasteiger partial charge >= 0.3 is 0 Å². The van der Waals surface area contributed by atoms with Crippen LogP contribution in [0, 0.1) is 12.7 Å². The van der Waals surface area contributed by atoms with Gasteiger partial charge in [-0.1, -0.05) is 42.5 Å². The van der Waals surface area contributed by atoms with Gasteiger partial charge in [0.2, 0.25) is 5.91 Å². The van der Waals surface area contributed by atoms with Crippen LogP contribution in [0.5, 0.6) is 5.75 Å². The van der Waals surface area contributed by atoms with Crippen LogP contribution >= 0.6 is 0 Å². The van der Waals surface area contributed by atoms with Crippen molar-refractivity contribution < 1.29 is 13.9 Å². The molecule has 1 unspecified atom stereocenters. The fraction of sp³-hybridized carbons (Fsp3) is 0.174. The van der Waals surface area contributed by atoms with Crippen molar-refractivity contribution in [1.29, 1.82) is 0 Å². The summed E-state index contributed by atoms with van der Waals surface area (Å²) < 4.78 is 21.2. The second kappa shape index (κ2) is 6.77. The van der Waals surface area contributed by atoms with Crippen LogP contribution in [0.3, 0.4) is 0 Å². The van der Waals surface area contributed by atoms with Crippen molar-refractivity contribution in [2.24, 2.45) is 11.5 Å². The van der Waals surface area contributed by atoms with Crippen molar-refractivity contribution in [3.63, 3.8) is 0 Å². The molecule has 0 radical (unpaired) electrons. The topological polar surface area (TPSA) is 78.3 Å². The Kier molecular flexibility index (Phi) is 4.40. The third-order valence-electron chi connectivity index (χ3n) is 5.40. The molecule has 1 heterocycles. The minimum Gasteiger partial charge on any atom is -0.481 e. The zero-order valence-electron chi connectivity index (χ0n) is 15.5. The number of rotatable bonds is 4. The summed E-state index contributed by atoms with van der Waals surface area (Å²) in [6, 6.07) is 17.9. The molecule has 4 N–H and O–H groups in total. The van der Waals surface area contributed by atoms with E-state index in [-0.39, 0.29) is 17.7 Å². The zero-order valence-corrected chi connectivity index (χ0v) is 15.5. The van der Waals surface area contributed by atoms with E-state index in [2.05, 4.69) is 0 Å². The van der Waals surface area contributed by atoms with Crippen LogP contribution in [0.4, 0.5) is 4.39 Å². The van der Waals surface area contributed by atoms with E-state index in [1.165, 1.54) is 12.1 Å². The summed E-state index contributed by atoms with van der Waals surface area (Å²) >= 11 is 0. The van der Waals surface area contributed by atoms with Crippen LogP contribution in [0.2, 0.25) is 0 Å². The molecule has 28 heavy (non-hydrogen) atoms. The summed E-state index contributed by atoms with van der Waals surface area (Å²) in [4.78, 5) is 12.0. The Morgan fingerprint density at radius 1 is 1.07 bits per heavy atom. The highest BCUT2D eigenvalue weighted by atomic mass is 19.1. The van der Waals surface area contributed by atoms with E-state index in [1.54, 1.807) is 6.07 Å². The van der Waals surface area contributed by atoms with Crippen molar-refractivity contribution >= 4 is 5.91 Å². The Morgan fingerprint density at radius 3 is 2.50 bits per heavy atom. The monoisotopic (exact) mass is 376 g/mol. The lowest BCUT2D eigenvalue weighted by molar-refractivity contribution is 0.1000. The quantitative estimate of drug-likeness (QED) is 0.729. The number of nitrogens with two attached hydrogens (primary N) is 2. The standard InChI is InChI=1S/C23H21FN2O2/c1-14-10-11-19-17(12-23(13-25,28-19)15-6-3-2-4-7-15)20(14)21-16(22(26)27)8-5-9-18(21)24/h2-11H,12-13,25H2,1H3,(H2,26,27). The lowest BCUT2D eigenvalue weighted by Gasteiger charge is -2.27. The van der Waals surface area contributed by atoms with Gasteiger partial charge in [0, 0.05) is 29.7 Å². The van der Waals surface area contributed by atoms with Gasteiger partial charge in [-0.3, -0.25) is 4.79 Å². The molecule has 4 rings (SSSR count). The minimum atomic E-state index is -0.732. The Labute approximate surface area is 162 Å². The Bertz CT molecular complexity index is 1070. The highest BCUT2D eigenvalue weighted by Crippen LogP contribution is 2.47. The smallest absolute Gasteiger partial charge is 0.249 e. The maximum Gasteiger partial charge on any atom is 0.249 e. The van der Waals surface area contributed by atoms with Crippen LogP contribution < -0.4 is 16.2 Å². The number of carbonyl (C=O) groups is 1. The molecule has 0 fully saturated rings. The first-order valence-electron chi connectivity index (χ1n) is 9.12. The molecule has 0 saturated carbocycles. The molecule has 0 spiro atoms. The van der Waals surface area contributed by atoms with E-state index < -0.39 is 17.3 Å². The second-order valence-electron chi connectivity index (χ2n) is 7.10. The van der Waals surface area contributed by atoms with Gasteiger partial charge < -0.3 is 16.2 Å². The number of aryl methyl sites for hydroxylation is 1. The van der Waals surface area contributed by atoms with Gasteiger partial charge in [-0.15, -0.1) is 0 Å². The Hall–Kier alpha value is -3.18. The second-order valence-corrected chi connectivity index (χ2v) is 7.10. The summed E-state index contributed by atoms with van der Waals surface area (Å²) in [5.41, 5.74) is 14.6. The Balaban J connectivity index is 1.94. The molecule has 0 aliphatic carbocycles. The molecule has 1 aliphatic rings. The molecule has 0 aromatic heterocycles. The van der Waals surface area contributed by atoms with E-state index in [1.807, 2.05) is 49.4 Å². The number of benzene rings is 3. The maximum atomic E-state index is 14.9. The highest BCUT2D eigenvalue weighted by molar-refractivity contribution is 6.01. The molecule has 0 bridgehead atoms. The molecular formula is C23H21FN2O2. The number of carbonyl (C=O) groups excluding carboxylic acids is 1. The molecule has 4 nitrogen and oxygen atoms in total. The van der Waals surface area contributed by atoms with Gasteiger partial charge in [0.1, 0.15) is 11.6 Å². The summed E-state index contributed by atoms with van der Waals surface area (Å²) in [7, 11) is 0. The van der Waals surface area contributed by atoms with Crippen LogP contribution in [0.25, 0.3) is 11.1 Å². The van der Waals surface area contributed by atoms with Crippen LogP contribution in [0.15, 0.2) is 60.7 Å². The van der Waals surface area contributed by atoms with E-state index in [0.717, 1.165) is 16.7 Å². The van der Waals surface area contributed by atoms with Crippen molar-refractivity contribution in [3.8, 4) is 16.9 Å². The molecule has 1 aliphatic heterocycles. The molecule has 3 aromatic carbocycles. The summed E-state index contributed by atoms with van der Waals surface area (Å²) in [5.74, 6) is -0.509. The van der Waals surface area contributed by atoms with Gasteiger partial charge in [0.15, 0.2) is 5.60 Å². The average Bonchev–Trinajstić information content (AvgIpc) is 3.09. The Morgan fingerprint density at radius 2 is 1.82 bits per heavy atom. The third kappa shape index (κ3) is 2.75. The number of amides is 1. The lowest BCUT2D eigenvalue weighted by atomic mass is 9.84. The van der Waals surface area contributed by atoms with Crippen molar-refractivity contribution in [1.82, 2.24) is 0 Å². The largest absolute Gasteiger partial charge is 0.481 e. The molecule has 142 valence electrons. The lowest BCUT2D eigenvalue weighted by Crippen LogP contribution is -2.39. The van der Waals surface area contributed by atoms with Crippen molar-refractivity contribution in [2.45, 2.75) is 18.9 Å². The number of halogens is 1. The van der Waals surface area contributed by atoms with E-state index in [0.29, 0.717) is 17.7 Å². The summed E-state index contributed by atoms with van der Waals surface area (Å²) in [5, 5.41) is 0. The van der Waals surface area contributed by atoms with Gasteiger partial charge in [0.25, 0.3) is 0 Å². The predicted octanol–water partition coefficient (Wildman–Crippen LogP) is 3.69. The van der Waals surface area contributed by atoms with Crippen LogP contribution in [-0.4, -0.2) is 12.5 Å². The summed E-state index contributed by atoms with van der Waals surface area (Å²) in [6.07, 6.45) is 0.479. The van der Waals surface area contributed by atoms with E-state index in [4.69, 9.17) is 16.2 Å². The summed E-state index contributed by atoms with van der Waals surface area (Å²) in [6.45, 7) is 2.15. The highest BCUT2D eigenvalue weighted by Gasteiger charge is 2.42. The third-order valence-corrected chi connectivity index (χ3v) is 5.40. The molecule has 1 atom stereocenters. The number of hydrogen-bond donors (Lipinski definition) is 2. The molecule has 5 heteroatoms.